The van der Waals surface area contributed by atoms with Gasteiger partial charge in [-0.1, -0.05) is 6.07 Å². The molecule has 0 heterocycles. The van der Waals surface area contributed by atoms with Crippen molar-refractivity contribution in [3.05, 3.63) is 29.3 Å². The third kappa shape index (κ3) is 5.07. The summed E-state index contributed by atoms with van der Waals surface area (Å²) >= 11 is 0. The van der Waals surface area contributed by atoms with Crippen molar-refractivity contribution in [3.63, 3.8) is 0 Å². The number of benzene rings is 1. The van der Waals surface area contributed by atoms with E-state index in [2.05, 4.69) is 10.1 Å². The van der Waals surface area contributed by atoms with Crippen LogP contribution >= 0.6 is 0 Å². The minimum atomic E-state index is -1.27. The lowest BCUT2D eigenvalue weighted by Gasteiger charge is -2.18. The highest BCUT2D eigenvalue weighted by Gasteiger charge is 2.21. The monoisotopic (exact) mass is 294 g/mol. The number of nitrogens with one attached hydrogen (secondary N) is 1. The smallest absolute Gasteiger partial charge is 0.309 e. The van der Waals surface area contributed by atoms with Gasteiger partial charge < -0.3 is 24.7 Å². The van der Waals surface area contributed by atoms with Crippen LogP contribution in [0.3, 0.4) is 0 Å². The molecule has 0 saturated carbocycles. The van der Waals surface area contributed by atoms with E-state index in [0.717, 1.165) is 11.1 Å². The number of carbonyl (C=O) groups is 2. The van der Waals surface area contributed by atoms with Gasteiger partial charge in [-0.15, -0.1) is 0 Å². The molecule has 6 nitrogen and oxygen atoms in total. The molecule has 0 spiro atoms. The van der Waals surface area contributed by atoms with E-state index in [9.17, 15) is 14.7 Å². The van der Waals surface area contributed by atoms with Crippen molar-refractivity contribution >= 4 is 11.9 Å². The van der Waals surface area contributed by atoms with E-state index in [1.807, 2.05) is 19.2 Å². The molecule has 0 radical (unpaired) electrons. The fraction of sp³-hybridized carbons (Fsp3) is 0.467. The van der Waals surface area contributed by atoms with Crippen LogP contribution in [0.15, 0.2) is 18.2 Å². The Bertz CT molecular complexity index is 501. The number of rotatable bonds is 8. The molecule has 6 heteroatoms. The Hall–Kier alpha value is -2.08. The number of hydrogen-bond acceptors (Lipinski definition) is 6. The Kier molecular flexibility index (Phi) is 6.68. The zero-order chi connectivity index (χ0) is 15.8. The molecule has 21 heavy (non-hydrogen) atoms. The summed E-state index contributed by atoms with van der Waals surface area (Å²) in [5.41, 5.74) is 1.82. The Labute approximate surface area is 124 Å². The number of ether oxygens (including phenoxy) is 2. The standard InChI is InChI=1S/C15H21NO5/c1-16-9-12-7-13(20-2)5-4-10(12)6-11(8-14(17)18)15(19)21-3/h4-5,7,11,16H,6,8-9H2,1-3H3,(H,17,18)/p-1. The molecule has 0 fully saturated rings. The van der Waals surface area contributed by atoms with Gasteiger partial charge in [-0.2, -0.15) is 0 Å². The highest BCUT2D eigenvalue weighted by molar-refractivity contribution is 5.78. The van der Waals surface area contributed by atoms with E-state index < -0.39 is 17.9 Å². The van der Waals surface area contributed by atoms with Crippen molar-refractivity contribution in [2.45, 2.75) is 19.4 Å². The van der Waals surface area contributed by atoms with Crippen LogP contribution in [-0.4, -0.2) is 33.2 Å². The van der Waals surface area contributed by atoms with Gasteiger partial charge in [0, 0.05) is 18.9 Å². The second-order valence-corrected chi connectivity index (χ2v) is 4.67. The Morgan fingerprint density at radius 3 is 2.52 bits per heavy atom. The minimum absolute atomic E-state index is 0.279. The van der Waals surface area contributed by atoms with E-state index in [4.69, 9.17) is 4.74 Å². The zero-order valence-corrected chi connectivity index (χ0v) is 12.5. The van der Waals surface area contributed by atoms with E-state index in [0.29, 0.717) is 12.3 Å². The summed E-state index contributed by atoms with van der Waals surface area (Å²) in [4.78, 5) is 22.5. The molecule has 0 aliphatic carbocycles. The topological polar surface area (TPSA) is 87.7 Å². The van der Waals surface area contributed by atoms with Crippen LogP contribution in [0.5, 0.6) is 5.75 Å². The van der Waals surface area contributed by atoms with Gasteiger partial charge in [-0.3, -0.25) is 4.79 Å². The molecular formula is C15H20NO5-. The largest absolute Gasteiger partial charge is 0.550 e. The highest BCUT2D eigenvalue weighted by atomic mass is 16.5. The summed E-state index contributed by atoms with van der Waals surface area (Å²) in [6.07, 6.45) is -0.0840. The fourth-order valence-corrected chi connectivity index (χ4v) is 2.16. The van der Waals surface area contributed by atoms with E-state index >= 15 is 0 Å². The van der Waals surface area contributed by atoms with Gasteiger partial charge in [0.2, 0.25) is 0 Å². The zero-order valence-electron chi connectivity index (χ0n) is 12.5. The van der Waals surface area contributed by atoms with Crippen molar-refractivity contribution in [2.24, 2.45) is 5.92 Å². The molecule has 0 aliphatic rings. The summed E-state index contributed by atoms with van der Waals surface area (Å²) in [6.45, 7) is 0.589. The molecule has 0 bridgehead atoms. The maximum absolute atomic E-state index is 11.7. The molecule has 0 aromatic heterocycles. The fourth-order valence-electron chi connectivity index (χ4n) is 2.16. The van der Waals surface area contributed by atoms with Crippen LogP contribution in [0.2, 0.25) is 0 Å². The number of aliphatic carboxylic acids is 1. The molecule has 1 rings (SSSR count). The third-order valence-electron chi connectivity index (χ3n) is 3.19. The summed E-state index contributed by atoms with van der Waals surface area (Å²) in [6, 6.07) is 5.47. The summed E-state index contributed by atoms with van der Waals surface area (Å²) < 4.78 is 9.83. The average molecular weight is 294 g/mol. The first-order valence-electron chi connectivity index (χ1n) is 6.59. The number of esters is 1. The molecule has 0 amide bonds. The van der Waals surface area contributed by atoms with E-state index in [-0.39, 0.29) is 12.8 Å². The van der Waals surface area contributed by atoms with Gasteiger partial charge in [0.15, 0.2) is 0 Å². The van der Waals surface area contributed by atoms with Gasteiger partial charge in [-0.25, -0.2) is 0 Å². The average Bonchev–Trinajstić information content (AvgIpc) is 2.47. The Morgan fingerprint density at radius 1 is 1.29 bits per heavy atom. The van der Waals surface area contributed by atoms with Crippen LogP contribution in [0.4, 0.5) is 0 Å². The lowest BCUT2D eigenvalue weighted by atomic mass is 9.93. The molecule has 1 N–H and O–H groups in total. The summed E-state index contributed by atoms with van der Waals surface area (Å²) in [7, 11) is 4.63. The first-order valence-corrected chi connectivity index (χ1v) is 6.59. The first-order chi connectivity index (χ1) is 10.0. The quantitative estimate of drug-likeness (QED) is 0.673. The number of carbonyl (C=O) groups excluding carboxylic acids is 2. The molecule has 1 unspecified atom stereocenters. The van der Waals surface area contributed by atoms with Crippen molar-refractivity contribution in [1.29, 1.82) is 0 Å². The number of methoxy groups -OCH3 is 2. The SMILES string of the molecule is CNCc1cc(OC)ccc1CC(CC(=O)[O-])C(=O)OC. The van der Waals surface area contributed by atoms with Gasteiger partial charge in [-0.05, 0) is 36.7 Å². The molecule has 1 aromatic carbocycles. The second kappa shape index (κ2) is 8.26. The van der Waals surface area contributed by atoms with Crippen molar-refractivity contribution < 1.29 is 24.2 Å². The summed E-state index contributed by atoms with van der Waals surface area (Å²) in [5.74, 6) is -1.87. The molecule has 1 aromatic rings. The Balaban J connectivity index is 3.01. The van der Waals surface area contributed by atoms with Crippen LogP contribution < -0.4 is 15.2 Å². The van der Waals surface area contributed by atoms with Gasteiger partial charge in [0.25, 0.3) is 0 Å². The number of hydrogen-bond donors (Lipinski definition) is 1. The molecule has 0 saturated heterocycles. The highest BCUT2D eigenvalue weighted by Crippen LogP contribution is 2.22. The Morgan fingerprint density at radius 2 is 2.00 bits per heavy atom. The van der Waals surface area contributed by atoms with E-state index in [1.165, 1.54) is 7.11 Å². The second-order valence-electron chi connectivity index (χ2n) is 4.67. The maximum atomic E-state index is 11.7. The minimum Gasteiger partial charge on any atom is -0.550 e. The van der Waals surface area contributed by atoms with Crippen LogP contribution in [0.1, 0.15) is 17.5 Å². The molecular weight excluding hydrogens is 274 g/mol. The first kappa shape index (κ1) is 17.0. The normalized spacial score (nSPS) is 11.8. The lowest BCUT2D eigenvalue weighted by Crippen LogP contribution is -2.30. The number of carboxylic acid groups (broad SMARTS) is 1. The number of carboxylic acids is 1. The van der Waals surface area contributed by atoms with Crippen LogP contribution in [-0.2, 0) is 27.3 Å². The van der Waals surface area contributed by atoms with E-state index in [1.54, 1.807) is 13.2 Å². The van der Waals surface area contributed by atoms with Crippen LogP contribution in [0, 0.1) is 5.92 Å². The van der Waals surface area contributed by atoms with Crippen molar-refractivity contribution in [2.75, 3.05) is 21.3 Å². The molecule has 1 atom stereocenters. The lowest BCUT2D eigenvalue weighted by molar-refractivity contribution is -0.306. The maximum Gasteiger partial charge on any atom is 0.309 e. The van der Waals surface area contributed by atoms with Gasteiger partial charge in [0.1, 0.15) is 5.75 Å². The van der Waals surface area contributed by atoms with Crippen molar-refractivity contribution in [3.8, 4) is 5.75 Å². The predicted octanol–water partition coefficient (Wildman–Crippen LogP) is -0.114. The summed E-state index contributed by atoms with van der Waals surface area (Å²) in [5, 5.41) is 13.8. The van der Waals surface area contributed by atoms with Crippen LogP contribution in [0.25, 0.3) is 0 Å². The molecule has 116 valence electrons. The molecule has 0 aliphatic heterocycles. The predicted molar refractivity (Wildman–Crippen MR) is 74.6 cm³/mol. The van der Waals surface area contributed by atoms with Gasteiger partial charge in [0.05, 0.1) is 20.1 Å². The van der Waals surface area contributed by atoms with Crippen molar-refractivity contribution in [1.82, 2.24) is 5.32 Å². The van der Waals surface area contributed by atoms with Gasteiger partial charge >= 0.3 is 5.97 Å². The third-order valence-corrected chi connectivity index (χ3v) is 3.19.